The molecule has 0 N–H and O–H groups in total. The van der Waals surface area contributed by atoms with Crippen molar-refractivity contribution in [1.82, 2.24) is 19.4 Å². The second kappa shape index (κ2) is 7.07. The predicted octanol–water partition coefficient (Wildman–Crippen LogP) is 3.51. The highest BCUT2D eigenvalue weighted by atomic mass is 19.3. The predicted molar refractivity (Wildman–Crippen MR) is 84.6 cm³/mol. The summed E-state index contributed by atoms with van der Waals surface area (Å²) in [6.07, 6.45) is 4.11. The first-order valence-corrected chi connectivity index (χ1v) is 8.10. The summed E-state index contributed by atoms with van der Waals surface area (Å²) in [5, 5.41) is 0. The molecule has 0 aromatic carbocycles. The number of rotatable bonds is 3. The third-order valence-electron chi connectivity index (χ3n) is 4.47. The van der Waals surface area contributed by atoms with Crippen LogP contribution < -0.4 is 0 Å². The van der Waals surface area contributed by atoms with Gasteiger partial charge in [0.1, 0.15) is 17.7 Å². The molecule has 24 heavy (non-hydrogen) atoms. The normalized spacial score (nSPS) is 18.7. The van der Waals surface area contributed by atoms with Crippen molar-refractivity contribution in [2.24, 2.45) is 7.05 Å². The van der Waals surface area contributed by atoms with E-state index in [1.807, 2.05) is 29.9 Å². The molecule has 2 aromatic rings. The molecule has 1 unspecified atom stereocenters. The maximum Gasteiger partial charge on any atom is 0.280 e. The van der Waals surface area contributed by atoms with Crippen molar-refractivity contribution in [3.63, 3.8) is 0 Å². The van der Waals surface area contributed by atoms with E-state index in [1.165, 1.54) is 0 Å². The van der Waals surface area contributed by atoms with Gasteiger partial charge >= 0.3 is 0 Å². The molecule has 0 bridgehead atoms. The highest BCUT2D eigenvalue weighted by Crippen LogP contribution is 2.31. The summed E-state index contributed by atoms with van der Waals surface area (Å²) in [4.78, 5) is 22.1. The van der Waals surface area contributed by atoms with Crippen LogP contribution in [-0.4, -0.2) is 31.9 Å². The summed E-state index contributed by atoms with van der Waals surface area (Å²) in [5.41, 5.74) is 0.661. The topological polar surface area (TPSA) is 51.0 Å². The van der Waals surface area contributed by atoms with Crippen LogP contribution in [0.2, 0.25) is 0 Å². The lowest BCUT2D eigenvalue weighted by molar-refractivity contribution is 0.0667. The fourth-order valence-corrected chi connectivity index (χ4v) is 3.24. The maximum atomic E-state index is 12.9. The van der Waals surface area contributed by atoms with Crippen LogP contribution >= 0.6 is 0 Å². The second-order valence-electron chi connectivity index (χ2n) is 6.04. The van der Waals surface area contributed by atoms with Gasteiger partial charge in [0, 0.05) is 25.5 Å². The van der Waals surface area contributed by atoms with Crippen molar-refractivity contribution in [3.8, 4) is 0 Å². The highest BCUT2D eigenvalue weighted by molar-refractivity contribution is 5.92. The highest BCUT2D eigenvalue weighted by Gasteiger charge is 2.30. The standard InChI is InChI=1S/C17H20F2N4O/c1-22-8-5-7-14(22)15-6-3-2-4-9-23(15)17(24)13-10-12(16(18)19)20-11-21-13/h5,7-8,10-11,15-16H,2-4,6,9H2,1H3. The molecule has 1 saturated heterocycles. The van der Waals surface area contributed by atoms with Crippen LogP contribution in [-0.2, 0) is 7.05 Å². The molecule has 128 valence electrons. The summed E-state index contributed by atoms with van der Waals surface area (Å²) in [7, 11) is 1.95. The zero-order valence-corrected chi connectivity index (χ0v) is 13.5. The first-order valence-electron chi connectivity index (χ1n) is 8.10. The van der Waals surface area contributed by atoms with Crippen molar-refractivity contribution in [3.05, 3.63) is 47.8 Å². The molecule has 0 saturated carbocycles. The number of likely N-dealkylation sites (tertiary alicyclic amines) is 1. The van der Waals surface area contributed by atoms with Crippen molar-refractivity contribution in [2.45, 2.75) is 38.2 Å². The molecule has 0 aliphatic carbocycles. The molecule has 0 spiro atoms. The van der Waals surface area contributed by atoms with Gasteiger partial charge in [0.15, 0.2) is 0 Å². The molecule has 1 amide bonds. The van der Waals surface area contributed by atoms with Gasteiger partial charge in [-0.3, -0.25) is 4.79 Å². The molecular formula is C17H20F2N4O. The van der Waals surface area contributed by atoms with Crippen LogP contribution in [0, 0.1) is 0 Å². The molecule has 7 heteroatoms. The first kappa shape index (κ1) is 16.5. The van der Waals surface area contributed by atoms with Crippen LogP contribution in [0.25, 0.3) is 0 Å². The van der Waals surface area contributed by atoms with E-state index in [9.17, 15) is 13.6 Å². The molecule has 1 atom stereocenters. The van der Waals surface area contributed by atoms with E-state index in [0.29, 0.717) is 6.54 Å². The summed E-state index contributed by atoms with van der Waals surface area (Å²) in [6, 6.07) is 4.98. The van der Waals surface area contributed by atoms with E-state index in [4.69, 9.17) is 0 Å². The van der Waals surface area contributed by atoms with Gasteiger partial charge in [0.05, 0.1) is 6.04 Å². The van der Waals surface area contributed by atoms with Crippen molar-refractivity contribution < 1.29 is 13.6 Å². The van der Waals surface area contributed by atoms with Gasteiger partial charge in [0.25, 0.3) is 12.3 Å². The number of nitrogens with zero attached hydrogens (tertiary/aromatic N) is 4. The Morgan fingerprint density at radius 3 is 2.83 bits per heavy atom. The largest absolute Gasteiger partial charge is 0.353 e. The number of halogens is 2. The van der Waals surface area contributed by atoms with Crippen molar-refractivity contribution in [2.75, 3.05) is 6.54 Å². The minimum Gasteiger partial charge on any atom is -0.353 e. The van der Waals surface area contributed by atoms with E-state index in [1.54, 1.807) is 4.90 Å². The van der Waals surface area contributed by atoms with Gasteiger partial charge < -0.3 is 9.47 Å². The molecular weight excluding hydrogens is 314 g/mol. The molecule has 5 nitrogen and oxygen atoms in total. The molecule has 1 aliphatic rings. The Labute approximate surface area is 139 Å². The molecule has 2 aromatic heterocycles. The number of aromatic nitrogens is 3. The van der Waals surface area contributed by atoms with E-state index < -0.39 is 12.1 Å². The fourth-order valence-electron chi connectivity index (χ4n) is 3.24. The monoisotopic (exact) mass is 334 g/mol. The average Bonchev–Trinajstić information content (AvgIpc) is 2.86. The minimum absolute atomic E-state index is 0.0291. The summed E-state index contributed by atoms with van der Waals surface area (Å²) in [5.74, 6) is -0.313. The summed E-state index contributed by atoms with van der Waals surface area (Å²) < 4.78 is 27.7. The number of hydrogen-bond donors (Lipinski definition) is 0. The second-order valence-corrected chi connectivity index (χ2v) is 6.04. The summed E-state index contributed by atoms with van der Waals surface area (Å²) in [6.45, 7) is 0.600. The Kier molecular flexibility index (Phi) is 4.87. The Bertz CT molecular complexity index is 716. The van der Waals surface area contributed by atoms with Crippen LogP contribution in [0.3, 0.4) is 0 Å². The Morgan fingerprint density at radius 1 is 1.29 bits per heavy atom. The summed E-state index contributed by atoms with van der Waals surface area (Å²) >= 11 is 0. The first-order chi connectivity index (χ1) is 11.6. The van der Waals surface area contributed by atoms with Crippen LogP contribution in [0.1, 0.15) is 60.0 Å². The Balaban J connectivity index is 1.93. The van der Waals surface area contributed by atoms with Crippen LogP contribution in [0.15, 0.2) is 30.7 Å². The van der Waals surface area contributed by atoms with Gasteiger partial charge in [0.2, 0.25) is 0 Å². The molecule has 1 fully saturated rings. The molecule has 3 rings (SSSR count). The van der Waals surface area contributed by atoms with E-state index in [2.05, 4.69) is 9.97 Å². The smallest absolute Gasteiger partial charge is 0.280 e. The van der Waals surface area contributed by atoms with Gasteiger partial charge in [-0.2, -0.15) is 0 Å². The van der Waals surface area contributed by atoms with Crippen molar-refractivity contribution in [1.29, 1.82) is 0 Å². The van der Waals surface area contributed by atoms with Gasteiger partial charge in [-0.05, 0) is 31.0 Å². The molecule has 0 radical (unpaired) electrons. The zero-order chi connectivity index (χ0) is 17.1. The molecule has 3 heterocycles. The fraction of sp³-hybridized carbons (Fsp3) is 0.471. The zero-order valence-electron chi connectivity index (χ0n) is 13.5. The average molecular weight is 334 g/mol. The lowest BCUT2D eigenvalue weighted by Gasteiger charge is -2.30. The van der Waals surface area contributed by atoms with Gasteiger partial charge in [-0.15, -0.1) is 0 Å². The minimum atomic E-state index is -2.72. The number of carbonyl (C=O) groups is 1. The number of amides is 1. The number of aryl methyl sites for hydroxylation is 1. The maximum absolute atomic E-state index is 12.9. The third-order valence-corrected chi connectivity index (χ3v) is 4.47. The molecule has 1 aliphatic heterocycles. The van der Waals surface area contributed by atoms with Gasteiger partial charge in [-0.1, -0.05) is 12.8 Å². The van der Waals surface area contributed by atoms with Gasteiger partial charge in [-0.25, -0.2) is 18.7 Å². The lowest BCUT2D eigenvalue weighted by atomic mass is 10.1. The number of carbonyl (C=O) groups excluding carboxylic acids is 1. The lowest BCUT2D eigenvalue weighted by Crippen LogP contribution is -2.36. The number of alkyl halides is 2. The third kappa shape index (κ3) is 3.29. The quantitative estimate of drug-likeness (QED) is 0.863. The van der Waals surface area contributed by atoms with Crippen LogP contribution in [0.5, 0.6) is 0 Å². The van der Waals surface area contributed by atoms with E-state index in [0.717, 1.165) is 43.8 Å². The van der Waals surface area contributed by atoms with E-state index in [-0.39, 0.29) is 17.6 Å². The SMILES string of the molecule is Cn1cccc1C1CCCCCN1C(=O)c1cc(C(F)F)ncn1. The van der Waals surface area contributed by atoms with E-state index >= 15 is 0 Å². The Morgan fingerprint density at radius 2 is 2.12 bits per heavy atom. The van der Waals surface area contributed by atoms with Crippen LogP contribution in [0.4, 0.5) is 8.78 Å². The van der Waals surface area contributed by atoms with Crippen molar-refractivity contribution >= 4 is 5.91 Å². The Hall–Kier alpha value is -2.31. The number of hydrogen-bond acceptors (Lipinski definition) is 3.